The first-order valence-electron chi connectivity index (χ1n) is 6.48. The Balaban J connectivity index is 2.08. The maximum atomic E-state index is 12.3. The minimum Gasteiger partial charge on any atom is -0.316 e. The van der Waals surface area contributed by atoms with Crippen molar-refractivity contribution in [2.45, 2.75) is 26.7 Å². The molecule has 0 amide bonds. The lowest BCUT2D eigenvalue weighted by Crippen LogP contribution is -2.47. The lowest BCUT2D eigenvalue weighted by atomic mass is 9.84. The van der Waals surface area contributed by atoms with E-state index in [1.54, 1.807) is 0 Å². The highest BCUT2D eigenvalue weighted by Gasteiger charge is 2.29. The maximum Gasteiger partial charge on any atom is 0.142 e. The van der Waals surface area contributed by atoms with Crippen molar-refractivity contribution in [1.29, 1.82) is 0 Å². The number of Topliss-reactive ketones (excluding diaryl/α,β-unsaturated/α-hetero) is 1. The Morgan fingerprint density at radius 2 is 2.28 bits per heavy atom. The van der Waals surface area contributed by atoms with Crippen molar-refractivity contribution >= 4 is 21.7 Å². The molecule has 1 saturated heterocycles. The molecule has 18 heavy (non-hydrogen) atoms. The number of nitrogens with zero attached hydrogens (tertiary/aromatic N) is 2. The number of aryl methyl sites for hydroxylation is 2. The Kier molecular flexibility index (Phi) is 4.22. The van der Waals surface area contributed by atoms with Gasteiger partial charge in [0.2, 0.25) is 0 Å². The summed E-state index contributed by atoms with van der Waals surface area (Å²) in [7, 11) is 1.90. The molecule has 1 aliphatic heterocycles. The van der Waals surface area contributed by atoms with E-state index in [9.17, 15) is 4.79 Å². The van der Waals surface area contributed by atoms with E-state index >= 15 is 0 Å². The maximum absolute atomic E-state index is 12.3. The zero-order valence-electron chi connectivity index (χ0n) is 11.2. The van der Waals surface area contributed by atoms with E-state index < -0.39 is 0 Å². The summed E-state index contributed by atoms with van der Waals surface area (Å²) in [5.41, 5.74) is 2.02. The van der Waals surface area contributed by atoms with E-state index in [4.69, 9.17) is 0 Å². The Hall–Kier alpha value is -0.680. The summed E-state index contributed by atoms with van der Waals surface area (Å²) in [5.74, 6) is 0.959. The van der Waals surface area contributed by atoms with Gasteiger partial charge in [-0.25, -0.2) is 0 Å². The predicted molar refractivity (Wildman–Crippen MR) is 74.5 cm³/mol. The molecule has 1 fully saturated rings. The monoisotopic (exact) mass is 313 g/mol. The molecule has 0 aromatic carbocycles. The van der Waals surface area contributed by atoms with Gasteiger partial charge in [-0.1, -0.05) is 13.8 Å². The lowest BCUT2D eigenvalue weighted by Gasteiger charge is -2.31. The van der Waals surface area contributed by atoms with Crippen LogP contribution in [0, 0.1) is 11.8 Å². The number of hydrogen-bond donors (Lipinski definition) is 1. The second-order valence-corrected chi connectivity index (χ2v) is 5.83. The van der Waals surface area contributed by atoms with E-state index in [2.05, 4.69) is 33.3 Å². The molecule has 1 aromatic rings. The lowest BCUT2D eigenvalue weighted by molar-refractivity contribution is -0.124. The summed E-state index contributed by atoms with van der Waals surface area (Å²) < 4.78 is 2.83. The molecule has 2 rings (SSSR count). The molecule has 0 spiro atoms. The van der Waals surface area contributed by atoms with Gasteiger partial charge < -0.3 is 5.32 Å². The minimum atomic E-state index is 0.137. The van der Waals surface area contributed by atoms with Gasteiger partial charge >= 0.3 is 0 Å². The molecule has 1 N–H and O–H groups in total. The number of nitrogens with one attached hydrogen (secondary N) is 1. The van der Waals surface area contributed by atoms with Crippen molar-refractivity contribution in [3.63, 3.8) is 0 Å². The van der Waals surface area contributed by atoms with E-state index in [0.29, 0.717) is 18.1 Å². The van der Waals surface area contributed by atoms with E-state index in [-0.39, 0.29) is 5.92 Å². The molecule has 100 valence electrons. The summed E-state index contributed by atoms with van der Waals surface area (Å²) in [6.07, 6.45) is 1.35. The van der Waals surface area contributed by atoms with E-state index in [1.807, 2.05) is 18.7 Å². The number of carbonyl (C=O) groups excluding carboxylic acids is 1. The largest absolute Gasteiger partial charge is 0.316 e. The van der Waals surface area contributed by atoms with Crippen LogP contribution in [0.1, 0.15) is 25.2 Å². The van der Waals surface area contributed by atoms with E-state index in [1.165, 1.54) is 0 Å². The summed E-state index contributed by atoms with van der Waals surface area (Å²) in [6, 6.07) is 0. The van der Waals surface area contributed by atoms with Crippen LogP contribution in [0.3, 0.4) is 0 Å². The zero-order valence-corrected chi connectivity index (χ0v) is 12.7. The van der Waals surface area contributed by atoms with Crippen LogP contribution in [0.15, 0.2) is 4.47 Å². The summed E-state index contributed by atoms with van der Waals surface area (Å²) >= 11 is 3.56. The molecule has 0 saturated carbocycles. The van der Waals surface area contributed by atoms with Gasteiger partial charge in [0.1, 0.15) is 5.78 Å². The van der Waals surface area contributed by atoms with Gasteiger partial charge in [-0.15, -0.1) is 0 Å². The van der Waals surface area contributed by atoms with Crippen molar-refractivity contribution in [3.8, 4) is 0 Å². The van der Waals surface area contributed by atoms with Crippen molar-refractivity contribution in [3.05, 3.63) is 15.9 Å². The van der Waals surface area contributed by atoms with Crippen LogP contribution in [0.2, 0.25) is 0 Å². The Labute approximate surface area is 116 Å². The standard InChI is InChI=1S/C13H20BrN3O/c1-4-10-13(14)11(17(3)16-10)5-12(18)8(2)9-6-15-7-9/h8-9,15H,4-7H2,1-3H3. The smallest absolute Gasteiger partial charge is 0.142 e. The SMILES string of the molecule is CCc1nn(C)c(CC(=O)C(C)C2CNC2)c1Br. The second kappa shape index (κ2) is 5.53. The molecular formula is C13H20BrN3O. The number of halogens is 1. The average Bonchev–Trinajstić information content (AvgIpc) is 2.53. The molecule has 2 heterocycles. The third kappa shape index (κ3) is 2.52. The van der Waals surface area contributed by atoms with Crippen LogP contribution < -0.4 is 5.32 Å². The van der Waals surface area contributed by atoms with Crippen molar-refractivity contribution in [1.82, 2.24) is 15.1 Å². The molecule has 0 radical (unpaired) electrons. The van der Waals surface area contributed by atoms with Gasteiger partial charge in [0.25, 0.3) is 0 Å². The minimum absolute atomic E-state index is 0.137. The van der Waals surface area contributed by atoms with Crippen molar-refractivity contribution in [2.75, 3.05) is 13.1 Å². The average molecular weight is 314 g/mol. The summed E-state index contributed by atoms with van der Waals surface area (Å²) in [6.45, 7) is 6.06. The van der Waals surface area contributed by atoms with Gasteiger partial charge in [-0.3, -0.25) is 9.48 Å². The first kappa shape index (κ1) is 13.7. The highest BCUT2D eigenvalue weighted by atomic mass is 79.9. The fraction of sp³-hybridized carbons (Fsp3) is 0.692. The zero-order chi connectivity index (χ0) is 13.3. The molecule has 0 aliphatic carbocycles. The third-order valence-corrected chi connectivity index (χ3v) is 4.79. The molecule has 0 bridgehead atoms. The molecule has 5 heteroatoms. The first-order chi connectivity index (χ1) is 8.54. The molecule has 1 unspecified atom stereocenters. The number of carbonyl (C=O) groups is 1. The van der Waals surface area contributed by atoms with Crippen LogP contribution in [-0.4, -0.2) is 28.7 Å². The Bertz CT molecular complexity index is 451. The van der Waals surface area contributed by atoms with Crippen LogP contribution in [-0.2, 0) is 24.7 Å². The Morgan fingerprint density at radius 3 is 2.72 bits per heavy atom. The number of hydrogen-bond acceptors (Lipinski definition) is 3. The number of aromatic nitrogens is 2. The Morgan fingerprint density at radius 1 is 1.61 bits per heavy atom. The predicted octanol–water partition coefficient (Wildman–Crippen LogP) is 1.71. The van der Waals surface area contributed by atoms with Gasteiger partial charge in [0.05, 0.1) is 15.9 Å². The van der Waals surface area contributed by atoms with Crippen molar-refractivity contribution in [2.24, 2.45) is 18.9 Å². The normalized spacial score (nSPS) is 17.6. The van der Waals surface area contributed by atoms with Crippen LogP contribution in [0.25, 0.3) is 0 Å². The topological polar surface area (TPSA) is 46.9 Å². The van der Waals surface area contributed by atoms with Gasteiger partial charge in [-0.2, -0.15) is 5.10 Å². The molecular weight excluding hydrogens is 294 g/mol. The highest BCUT2D eigenvalue weighted by Crippen LogP contribution is 2.25. The number of rotatable bonds is 5. The van der Waals surface area contributed by atoms with Gasteiger partial charge in [0.15, 0.2) is 0 Å². The van der Waals surface area contributed by atoms with Crippen LogP contribution in [0.5, 0.6) is 0 Å². The molecule has 1 aliphatic rings. The molecule has 1 atom stereocenters. The van der Waals surface area contributed by atoms with E-state index in [0.717, 1.165) is 35.4 Å². The fourth-order valence-electron chi connectivity index (χ4n) is 2.27. The van der Waals surface area contributed by atoms with Crippen LogP contribution >= 0.6 is 15.9 Å². The molecule has 4 nitrogen and oxygen atoms in total. The summed E-state index contributed by atoms with van der Waals surface area (Å²) in [4.78, 5) is 12.3. The second-order valence-electron chi connectivity index (χ2n) is 5.03. The van der Waals surface area contributed by atoms with Gasteiger partial charge in [0, 0.05) is 19.4 Å². The number of ketones is 1. The van der Waals surface area contributed by atoms with Crippen LogP contribution in [0.4, 0.5) is 0 Å². The first-order valence-corrected chi connectivity index (χ1v) is 7.27. The highest BCUT2D eigenvalue weighted by molar-refractivity contribution is 9.10. The quantitative estimate of drug-likeness (QED) is 0.900. The van der Waals surface area contributed by atoms with Crippen molar-refractivity contribution < 1.29 is 4.79 Å². The fourth-order valence-corrected chi connectivity index (χ4v) is 3.02. The summed E-state index contributed by atoms with van der Waals surface area (Å²) in [5, 5.41) is 7.64. The molecule has 1 aromatic heterocycles. The van der Waals surface area contributed by atoms with Gasteiger partial charge in [-0.05, 0) is 41.4 Å². The third-order valence-electron chi connectivity index (χ3n) is 3.87.